The van der Waals surface area contributed by atoms with E-state index in [-0.39, 0.29) is 10.8 Å². The van der Waals surface area contributed by atoms with Crippen molar-refractivity contribution in [1.29, 1.82) is 0 Å². The number of rotatable bonds is 4. The Balaban J connectivity index is 1.50. The fourth-order valence-corrected chi connectivity index (χ4v) is 5.04. The first kappa shape index (κ1) is 21.4. The number of ether oxygens (including phenoxy) is 2. The van der Waals surface area contributed by atoms with Crippen LogP contribution in [-0.4, -0.2) is 38.7 Å². The zero-order valence-corrected chi connectivity index (χ0v) is 19.3. The van der Waals surface area contributed by atoms with Gasteiger partial charge in [-0.15, -0.1) is 4.36 Å². The molecule has 11 heteroatoms. The van der Waals surface area contributed by atoms with E-state index in [9.17, 15) is 9.00 Å². The van der Waals surface area contributed by atoms with E-state index in [0.29, 0.717) is 18.2 Å². The molecule has 1 aliphatic carbocycles. The predicted octanol–water partition coefficient (Wildman–Crippen LogP) is 3.11. The van der Waals surface area contributed by atoms with Crippen molar-refractivity contribution in [3.63, 3.8) is 0 Å². The van der Waals surface area contributed by atoms with Gasteiger partial charge < -0.3 is 14.8 Å². The highest BCUT2D eigenvalue weighted by Gasteiger charge is 2.36. The molecule has 1 unspecified atom stereocenters. The minimum absolute atomic E-state index is 0.100. The largest absolute Gasteiger partial charge is 0.481 e. The molecule has 0 spiro atoms. The van der Waals surface area contributed by atoms with Crippen LogP contribution in [0.3, 0.4) is 0 Å². The van der Waals surface area contributed by atoms with Gasteiger partial charge in [0.05, 0.1) is 24.5 Å². The third kappa shape index (κ3) is 3.62. The van der Waals surface area contributed by atoms with Crippen molar-refractivity contribution in [2.75, 3.05) is 19.0 Å². The number of nitrogens with two attached hydrogens (primary N) is 1. The molecule has 0 saturated carbocycles. The second-order valence-corrected chi connectivity index (χ2v) is 10.4. The summed E-state index contributed by atoms with van der Waals surface area (Å²) in [6, 6.07) is 6.78. The SMILES string of the molecule is COc1cc(-c2ccc3c(c2NC(=O)N=S(N)(=O)c2cnn4c2OCC4(C)C)CC3)ccn1. The summed E-state index contributed by atoms with van der Waals surface area (Å²) in [6.45, 7) is 4.23. The Kier molecular flexibility index (Phi) is 4.91. The van der Waals surface area contributed by atoms with Crippen LogP contribution in [0.25, 0.3) is 11.1 Å². The zero-order valence-electron chi connectivity index (χ0n) is 18.5. The first-order valence-corrected chi connectivity index (χ1v) is 12.0. The third-order valence-corrected chi connectivity index (χ3v) is 7.25. The lowest BCUT2D eigenvalue weighted by Crippen LogP contribution is -2.26. The molecule has 2 aliphatic rings. The Bertz CT molecular complexity index is 1400. The first-order chi connectivity index (χ1) is 15.7. The summed E-state index contributed by atoms with van der Waals surface area (Å²) in [5.74, 6) is 0.734. The molecule has 0 radical (unpaired) electrons. The van der Waals surface area contributed by atoms with Crippen molar-refractivity contribution < 1.29 is 18.5 Å². The molecule has 1 aromatic carbocycles. The Morgan fingerprint density at radius 3 is 2.88 bits per heavy atom. The van der Waals surface area contributed by atoms with Gasteiger partial charge in [-0.3, -0.25) is 0 Å². The fourth-order valence-electron chi connectivity index (χ4n) is 4.06. The molecule has 1 atom stereocenters. The number of pyridine rings is 1. The van der Waals surface area contributed by atoms with Gasteiger partial charge in [-0.25, -0.2) is 23.8 Å². The monoisotopic (exact) mass is 468 g/mol. The number of benzene rings is 1. The number of urea groups is 1. The van der Waals surface area contributed by atoms with Crippen LogP contribution in [0.2, 0.25) is 0 Å². The van der Waals surface area contributed by atoms with Gasteiger partial charge in [0.2, 0.25) is 11.8 Å². The van der Waals surface area contributed by atoms with Crippen LogP contribution in [0.4, 0.5) is 10.5 Å². The van der Waals surface area contributed by atoms with Crippen molar-refractivity contribution in [2.45, 2.75) is 37.1 Å². The number of amides is 2. The van der Waals surface area contributed by atoms with E-state index in [2.05, 4.69) is 19.8 Å². The molecule has 0 bridgehead atoms. The van der Waals surface area contributed by atoms with Crippen molar-refractivity contribution in [1.82, 2.24) is 14.8 Å². The van der Waals surface area contributed by atoms with E-state index in [0.717, 1.165) is 35.1 Å². The molecule has 172 valence electrons. The van der Waals surface area contributed by atoms with Crippen LogP contribution in [0, 0.1) is 0 Å². The number of aromatic nitrogens is 3. The maximum Gasteiger partial charge on any atom is 0.354 e. The number of fused-ring (bicyclic) bond motifs is 2. The van der Waals surface area contributed by atoms with Crippen molar-refractivity contribution in [2.24, 2.45) is 9.50 Å². The molecule has 3 heterocycles. The summed E-state index contributed by atoms with van der Waals surface area (Å²) in [7, 11) is -2.04. The second-order valence-electron chi connectivity index (χ2n) is 8.63. The van der Waals surface area contributed by atoms with Gasteiger partial charge in [-0.1, -0.05) is 12.1 Å². The highest BCUT2D eigenvalue weighted by atomic mass is 32.2. The van der Waals surface area contributed by atoms with E-state index >= 15 is 0 Å². The molecular formula is C22H24N6O4S. The number of carbonyl (C=O) groups excluding carboxylic acids is 1. The quantitative estimate of drug-likeness (QED) is 0.604. The molecule has 3 N–H and O–H groups in total. The summed E-state index contributed by atoms with van der Waals surface area (Å²) >= 11 is 0. The standard InChI is InChI=1S/C22H24N6O4S/c1-22(2)12-32-20-17(11-25-28(20)22)33(23,30)27-21(29)26-19-15-6-4-13(15)5-7-16(19)14-8-9-24-18(10-14)31-3/h5,7-11H,4,6,12H2,1-3H3,(H3,23,26,27,29,30). The molecule has 0 fully saturated rings. The van der Waals surface area contributed by atoms with Crippen LogP contribution >= 0.6 is 0 Å². The maximum atomic E-state index is 13.2. The van der Waals surface area contributed by atoms with Gasteiger partial charge in [-0.05, 0) is 49.4 Å². The summed E-state index contributed by atoms with van der Waals surface area (Å²) < 4.78 is 29.5. The topological polar surface area (TPSA) is 134 Å². The lowest BCUT2D eigenvalue weighted by atomic mass is 9.84. The van der Waals surface area contributed by atoms with Gasteiger partial charge >= 0.3 is 6.03 Å². The smallest absolute Gasteiger partial charge is 0.354 e. The van der Waals surface area contributed by atoms with Gasteiger partial charge in [0.25, 0.3) is 0 Å². The average molecular weight is 469 g/mol. The van der Waals surface area contributed by atoms with Crippen LogP contribution in [-0.2, 0) is 28.3 Å². The van der Waals surface area contributed by atoms with Gasteiger partial charge in [0, 0.05) is 17.8 Å². The minimum atomic E-state index is -3.58. The molecule has 2 amide bonds. The van der Waals surface area contributed by atoms with Crippen LogP contribution in [0.15, 0.2) is 45.9 Å². The fraction of sp³-hybridized carbons (Fsp3) is 0.318. The lowest BCUT2D eigenvalue weighted by molar-refractivity contribution is 0.259. The van der Waals surface area contributed by atoms with Gasteiger partial charge in [0.1, 0.15) is 11.5 Å². The maximum absolute atomic E-state index is 13.2. The second kappa shape index (κ2) is 7.56. The third-order valence-electron chi connectivity index (χ3n) is 5.90. The number of carbonyl (C=O) groups is 1. The molecule has 2 aromatic heterocycles. The molecule has 0 saturated heterocycles. The van der Waals surface area contributed by atoms with Crippen molar-refractivity contribution >= 4 is 21.6 Å². The van der Waals surface area contributed by atoms with Crippen molar-refractivity contribution in [3.8, 4) is 22.9 Å². The Labute approximate surface area is 191 Å². The summed E-state index contributed by atoms with van der Waals surface area (Å²) in [5.41, 5.74) is 4.00. The molecule has 10 nitrogen and oxygen atoms in total. The summed E-state index contributed by atoms with van der Waals surface area (Å²) in [4.78, 5) is 17.1. The Morgan fingerprint density at radius 1 is 1.33 bits per heavy atom. The predicted molar refractivity (Wildman–Crippen MR) is 123 cm³/mol. The van der Waals surface area contributed by atoms with E-state index < -0.39 is 21.5 Å². The van der Waals surface area contributed by atoms with E-state index in [1.165, 1.54) is 6.20 Å². The van der Waals surface area contributed by atoms with Gasteiger partial charge in [-0.2, -0.15) is 5.10 Å². The molecular weight excluding hydrogens is 444 g/mol. The number of methoxy groups -OCH3 is 1. The Hall–Kier alpha value is -3.44. The number of nitrogens with zero attached hydrogens (tertiary/aromatic N) is 4. The molecule has 33 heavy (non-hydrogen) atoms. The average Bonchev–Trinajstić information content (AvgIpc) is 3.30. The zero-order chi connectivity index (χ0) is 23.4. The summed E-state index contributed by atoms with van der Waals surface area (Å²) in [5, 5.41) is 13.1. The van der Waals surface area contributed by atoms with E-state index in [1.807, 2.05) is 32.0 Å². The van der Waals surface area contributed by atoms with Crippen LogP contribution in [0.5, 0.6) is 11.8 Å². The normalized spacial score (nSPS) is 17.1. The molecule has 1 aliphatic heterocycles. The molecule has 5 rings (SSSR count). The van der Waals surface area contributed by atoms with Crippen LogP contribution in [0.1, 0.15) is 25.0 Å². The lowest BCUT2D eigenvalue weighted by Gasteiger charge is -2.25. The van der Waals surface area contributed by atoms with Gasteiger partial charge in [0.15, 0.2) is 9.92 Å². The Morgan fingerprint density at radius 2 is 2.15 bits per heavy atom. The highest BCUT2D eigenvalue weighted by molar-refractivity contribution is 7.91. The number of aryl methyl sites for hydroxylation is 1. The number of nitrogens with one attached hydrogen (secondary N) is 1. The highest BCUT2D eigenvalue weighted by Crippen LogP contribution is 2.39. The minimum Gasteiger partial charge on any atom is -0.481 e. The van der Waals surface area contributed by atoms with Crippen molar-refractivity contribution in [3.05, 3.63) is 47.8 Å². The van der Waals surface area contributed by atoms with E-state index in [1.54, 1.807) is 24.1 Å². The van der Waals surface area contributed by atoms with Crippen LogP contribution < -0.4 is 19.9 Å². The van der Waals surface area contributed by atoms with E-state index in [4.69, 9.17) is 14.6 Å². The molecule has 3 aromatic rings. The number of hydrogen-bond donors (Lipinski definition) is 2. The first-order valence-electron chi connectivity index (χ1n) is 10.4. The summed E-state index contributed by atoms with van der Waals surface area (Å²) in [6.07, 6.45) is 4.73. The number of hydrogen-bond acceptors (Lipinski definition) is 6. The number of anilines is 1.